The van der Waals surface area contributed by atoms with Crippen LogP contribution >= 0.6 is 11.6 Å². The number of nitrogens with zero attached hydrogens (tertiary/aromatic N) is 4. The molecule has 3 aromatic rings. The van der Waals surface area contributed by atoms with Crippen molar-refractivity contribution in [2.24, 2.45) is 0 Å². The van der Waals surface area contributed by atoms with Gasteiger partial charge in [-0.25, -0.2) is 4.79 Å². The summed E-state index contributed by atoms with van der Waals surface area (Å²) in [6, 6.07) is 16.6. The standard InChI is InChI=1S/C24H26ClN7O/c1-24(2)15-31(23(33)29-18-10-8-17(25)9-11-18)13-14-32(24)22(28-16-26)30-21-7-3-6-20-19(21)5-4-12-27-20/h3-12,22,28,30H,13-15H2,1-2H3,(H,29,33). The molecule has 0 aliphatic carbocycles. The van der Waals surface area contributed by atoms with Gasteiger partial charge in [0.2, 0.25) is 0 Å². The fourth-order valence-electron chi connectivity index (χ4n) is 4.19. The second kappa shape index (κ2) is 9.53. The van der Waals surface area contributed by atoms with E-state index in [4.69, 9.17) is 11.6 Å². The van der Waals surface area contributed by atoms with Gasteiger partial charge in [-0.2, -0.15) is 5.26 Å². The zero-order valence-electron chi connectivity index (χ0n) is 18.5. The lowest BCUT2D eigenvalue weighted by Gasteiger charge is -2.49. The molecule has 0 bridgehead atoms. The van der Waals surface area contributed by atoms with Gasteiger partial charge < -0.3 is 15.5 Å². The molecule has 1 unspecified atom stereocenters. The Labute approximate surface area is 198 Å². The van der Waals surface area contributed by atoms with Crippen LogP contribution in [0, 0.1) is 11.5 Å². The number of hydrogen-bond acceptors (Lipinski definition) is 6. The zero-order chi connectivity index (χ0) is 23.4. The van der Waals surface area contributed by atoms with Crippen LogP contribution in [0.3, 0.4) is 0 Å². The number of pyridine rings is 1. The molecule has 2 heterocycles. The van der Waals surface area contributed by atoms with Crippen LogP contribution in [0.15, 0.2) is 60.8 Å². The van der Waals surface area contributed by atoms with E-state index in [-0.39, 0.29) is 6.03 Å². The van der Waals surface area contributed by atoms with E-state index in [1.807, 2.05) is 30.3 Å². The highest BCUT2D eigenvalue weighted by Crippen LogP contribution is 2.27. The molecular weight excluding hydrogens is 438 g/mol. The quantitative estimate of drug-likeness (QED) is 0.297. The summed E-state index contributed by atoms with van der Waals surface area (Å²) in [7, 11) is 0. The molecule has 3 N–H and O–H groups in total. The average molecular weight is 464 g/mol. The third kappa shape index (κ3) is 5.11. The number of benzene rings is 2. The number of rotatable bonds is 5. The fourth-order valence-corrected chi connectivity index (χ4v) is 4.31. The van der Waals surface area contributed by atoms with Crippen LogP contribution in [-0.2, 0) is 0 Å². The smallest absolute Gasteiger partial charge is 0.321 e. The van der Waals surface area contributed by atoms with Crippen molar-refractivity contribution in [3.05, 3.63) is 65.8 Å². The van der Waals surface area contributed by atoms with E-state index in [2.05, 4.69) is 45.9 Å². The molecule has 9 heteroatoms. The molecule has 1 aromatic heterocycles. The van der Waals surface area contributed by atoms with Gasteiger partial charge in [-0.3, -0.25) is 15.2 Å². The van der Waals surface area contributed by atoms with Crippen molar-refractivity contribution in [2.75, 3.05) is 30.3 Å². The number of carbonyl (C=O) groups is 1. The number of fused-ring (bicyclic) bond motifs is 1. The number of aromatic nitrogens is 1. The highest BCUT2D eigenvalue weighted by Gasteiger charge is 2.39. The predicted molar refractivity (Wildman–Crippen MR) is 131 cm³/mol. The van der Waals surface area contributed by atoms with E-state index < -0.39 is 11.8 Å². The summed E-state index contributed by atoms with van der Waals surface area (Å²) in [4.78, 5) is 21.2. The van der Waals surface area contributed by atoms with Crippen molar-refractivity contribution in [3.8, 4) is 6.19 Å². The molecule has 1 fully saturated rings. The van der Waals surface area contributed by atoms with Crippen LogP contribution in [-0.4, -0.2) is 52.3 Å². The number of hydrogen-bond donors (Lipinski definition) is 3. The second-order valence-electron chi connectivity index (χ2n) is 8.54. The number of nitriles is 1. The Morgan fingerprint density at radius 3 is 2.67 bits per heavy atom. The van der Waals surface area contributed by atoms with Gasteiger partial charge in [0.05, 0.1) is 5.52 Å². The molecule has 2 aromatic carbocycles. The lowest BCUT2D eigenvalue weighted by molar-refractivity contribution is 0.00774. The molecule has 0 spiro atoms. The maximum Gasteiger partial charge on any atom is 0.321 e. The van der Waals surface area contributed by atoms with Crippen LogP contribution in [0.2, 0.25) is 5.02 Å². The van der Waals surface area contributed by atoms with E-state index >= 15 is 0 Å². The average Bonchev–Trinajstić information content (AvgIpc) is 2.80. The summed E-state index contributed by atoms with van der Waals surface area (Å²) in [6.07, 6.45) is 3.38. The Balaban J connectivity index is 1.49. The monoisotopic (exact) mass is 463 g/mol. The highest BCUT2D eigenvalue weighted by atomic mass is 35.5. The van der Waals surface area contributed by atoms with Crippen molar-refractivity contribution >= 4 is 39.9 Å². The first-order valence-corrected chi connectivity index (χ1v) is 11.1. The number of urea groups is 1. The van der Waals surface area contributed by atoms with Gasteiger partial charge in [0.25, 0.3) is 0 Å². The first-order valence-electron chi connectivity index (χ1n) is 10.7. The normalized spacial score (nSPS) is 16.6. The molecule has 4 rings (SSSR count). The number of carbonyl (C=O) groups excluding carboxylic acids is 1. The Morgan fingerprint density at radius 1 is 1.15 bits per heavy atom. The molecule has 2 amide bonds. The number of piperazine rings is 1. The number of anilines is 2. The predicted octanol–water partition coefficient (Wildman–Crippen LogP) is 4.28. The maximum atomic E-state index is 12.9. The Morgan fingerprint density at radius 2 is 1.94 bits per heavy atom. The molecule has 33 heavy (non-hydrogen) atoms. The third-order valence-electron chi connectivity index (χ3n) is 5.80. The fraction of sp³-hybridized carbons (Fsp3) is 0.292. The minimum Gasteiger partial charge on any atom is -0.352 e. The number of amides is 2. The van der Waals surface area contributed by atoms with Crippen LogP contribution in [0.4, 0.5) is 16.2 Å². The third-order valence-corrected chi connectivity index (χ3v) is 6.05. The van der Waals surface area contributed by atoms with Crippen molar-refractivity contribution in [1.82, 2.24) is 20.1 Å². The van der Waals surface area contributed by atoms with E-state index in [1.165, 1.54) is 0 Å². The summed E-state index contributed by atoms with van der Waals surface area (Å²) < 4.78 is 0. The Hall–Kier alpha value is -3.54. The van der Waals surface area contributed by atoms with E-state index in [1.54, 1.807) is 35.4 Å². The topological polar surface area (TPSA) is 96.3 Å². The summed E-state index contributed by atoms with van der Waals surface area (Å²) >= 11 is 5.93. The minimum absolute atomic E-state index is 0.164. The lowest BCUT2D eigenvalue weighted by Crippen LogP contribution is -2.67. The van der Waals surface area contributed by atoms with Crippen LogP contribution in [0.1, 0.15) is 13.8 Å². The molecule has 0 saturated carbocycles. The van der Waals surface area contributed by atoms with Gasteiger partial charge in [0.15, 0.2) is 12.5 Å². The summed E-state index contributed by atoms with van der Waals surface area (Å²) in [6.45, 7) is 5.72. The molecule has 8 nitrogen and oxygen atoms in total. The molecule has 1 saturated heterocycles. The number of nitrogens with one attached hydrogen (secondary N) is 3. The molecule has 1 aliphatic rings. The zero-order valence-corrected chi connectivity index (χ0v) is 19.3. The summed E-state index contributed by atoms with van der Waals surface area (Å²) in [5.74, 6) is 0. The van der Waals surface area contributed by atoms with Gasteiger partial charge in [-0.05, 0) is 62.4 Å². The molecule has 0 radical (unpaired) electrons. The molecule has 170 valence electrons. The van der Waals surface area contributed by atoms with Crippen molar-refractivity contribution in [2.45, 2.75) is 25.7 Å². The van der Waals surface area contributed by atoms with Gasteiger partial charge in [-0.15, -0.1) is 0 Å². The van der Waals surface area contributed by atoms with Gasteiger partial charge >= 0.3 is 6.03 Å². The summed E-state index contributed by atoms with van der Waals surface area (Å²) in [5, 5.41) is 20.3. The van der Waals surface area contributed by atoms with Gasteiger partial charge in [-0.1, -0.05) is 17.7 Å². The van der Waals surface area contributed by atoms with Gasteiger partial charge in [0.1, 0.15) is 0 Å². The SMILES string of the molecule is CC1(C)CN(C(=O)Nc2ccc(Cl)cc2)CCN1C(NC#N)Nc1cccc2ncccc12. The van der Waals surface area contributed by atoms with Crippen molar-refractivity contribution in [3.63, 3.8) is 0 Å². The van der Waals surface area contributed by atoms with Crippen molar-refractivity contribution < 1.29 is 4.79 Å². The first kappa shape index (κ1) is 22.6. The van der Waals surface area contributed by atoms with E-state index in [0.29, 0.717) is 30.3 Å². The van der Waals surface area contributed by atoms with Gasteiger partial charge in [0, 0.05) is 53.2 Å². The van der Waals surface area contributed by atoms with E-state index in [0.717, 1.165) is 16.6 Å². The van der Waals surface area contributed by atoms with Crippen LogP contribution in [0.5, 0.6) is 0 Å². The maximum absolute atomic E-state index is 12.9. The van der Waals surface area contributed by atoms with Crippen LogP contribution < -0.4 is 16.0 Å². The lowest BCUT2D eigenvalue weighted by atomic mass is 9.99. The Bertz CT molecular complexity index is 1170. The van der Waals surface area contributed by atoms with Crippen LogP contribution in [0.25, 0.3) is 10.9 Å². The largest absolute Gasteiger partial charge is 0.352 e. The minimum atomic E-state index is -0.447. The molecule has 1 atom stereocenters. The van der Waals surface area contributed by atoms with Crippen molar-refractivity contribution in [1.29, 1.82) is 5.26 Å². The molecular formula is C24H26ClN7O. The Kier molecular flexibility index (Phi) is 6.54. The summed E-state index contributed by atoms with van der Waals surface area (Å²) in [5.41, 5.74) is 2.05. The second-order valence-corrected chi connectivity index (χ2v) is 8.98. The van der Waals surface area contributed by atoms with E-state index in [9.17, 15) is 10.1 Å². The first-order chi connectivity index (χ1) is 15.9. The number of halogens is 1. The molecule has 1 aliphatic heterocycles. The highest BCUT2D eigenvalue weighted by molar-refractivity contribution is 6.30.